The number of azo groups is 1. The van der Waals surface area contributed by atoms with E-state index in [1.807, 2.05) is 19.0 Å². The lowest BCUT2D eigenvalue weighted by Gasteiger charge is -2.15. The monoisotopic (exact) mass is 619 g/mol. The van der Waals surface area contributed by atoms with Crippen molar-refractivity contribution >= 4 is 54.8 Å². The summed E-state index contributed by atoms with van der Waals surface area (Å²) in [5, 5.41) is 8.56. The van der Waals surface area contributed by atoms with Gasteiger partial charge < -0.3 is 13.3 Å². The molecule has 0 bridgehead atoms. The van der Waals surface area contributed by atoms with Crippen LogP contribution in [0.15, 0.2) is 111 Å². The van der Waals surface area contributed by atoms with E-state index in [-0.39, 0.29) is 42.7 Å². The lowest BCUT2D eigenvalue weighted by Crippen LogP contribution is -2.12. The molecule has 208 valence electrons. The largest absolute Gasteiger partial charge is 0.377 e. The molecule has 4 rings (SSSR count). The van der Waals surface area contributed by atoms with Crippen molar-refractivity contribution in [2.24, 2.45) is 10.2 Å². The molecule has 0 aromatic heterocycles. The van der Waals surface area contributed by atoms with Gasteiger partial charge in [0.15, 0.2) is 11.5 Å². The third-order valence-electron chi connectivity index (χ3n) is 5.23. The van der Waals surface area contributed by atoms with Crippen LogP contribution in [-0.2, 0) is 26.8 Å². The number of hydrogen-bond donors (Lipinski definition) is 0. The van der Waals surface area contributed by atoms with E-state index in [0.717, 1.165) is 0 Å². The van der Waals surface area contributed by atoms with Crippen molar-refractivity contribution in [2.75, 3.05) is 14.1 Å². The van der Waals surface area contributed by atoms with Crippen LogP contribution in [0.2, 0.25) is 10.0 Å². The fourth-order valence-corrected chi connectivity index (χ4v) is 5.92. The number of hydrogen-bond acceptors (Lipinski definition) is 9. The molecule has 0 N–H and O–H groups in total. The fraction of sp³-hybridized carbons (Fsp3) is 0.111. The second-order valence-corrected chi connectivity index (χ2v) is 12.6. The van der Waals surface area contributed by atoms with Crippen LogP contribution < -0.4 is 8.37 Å². The van der Waals surface area contributed by atoms with E-state index < -0.39 is 20.2 Å². The summed E-state index contributed by atoms with van der Waals surface area (Å²) in [6, 6.07) is 22.4. The molecule has 40 heavy (non-hydrogen) atoms. The highest BCUT2D eigenvalue weighted by atomic mass is 35.5. The second kappa shape index (κ2) is 12.4. The van der Waals surface area contributed by atoms with Gasteiger partial charge in [-0.2, -0.15) is 16.8 Å². The highest BCUT2D eigenvalue weighted by Gasteiger charge is 2.23. The molecule has 9 nitrogen and oxygen atoms in total. The molecule has 0 saturated carbocycles. The molecule has 0 aliphatic heterocycles. The predicted molar refractivity (Wildman–Crippen MR) is 153 cm³/mol. The maximum Gasteiger partial charge on any atom is 0.339 e. The molecule has 0 amide bonds. The molecule has 0 spiro atoms. The molecule has 0 aliphatic rings. The van der Waals surface area contributed by atoms with E-state index >= 15 is 0 Å². The first-order chi connectivity index (χ1) is 18.9. The SMILES string of the molecule is CN(C)Cc1cc(Cl)c(OS(=O)(=O)c2ccccc2)c(N=Nc2cc(Cl)ccc2OS(=O)(=O)c2ccccc2)c1. The smallest absolute Gasteiger partial charge is 0.339 e. The van der Waals surface area contributed by atoms with Crippen LogP contribution in [0, 0.1) is 0 Å². The highest BCUT2D eigenvalue weighted by molar-refractivity contribution is 7.87. The van der Waals surface area contributed by atoms with E-state index in [1.165, 1.54) is 42.5 Å². The van der Waals surface area contributed by atoms with Crippen molar-refractivity contribution < 1.29 is 25.2 Å². The normalized spacial score (nSPS) is 12.1. The Morgan fingerprint density at radius 1 is 0.700 bits per heavy atom. The minimum absolute atomic E-state index is 0.0120. The Balaban J connectivity index is 1.77. The average Bonchev–Trinajstić information content (AvgIpc) is 2.91. The average molecular weight is 621 g/mol. The van der Waals surface area contributed by atoms with Crippen LogP contribution in [-0.4, -0.2) is 35.8 Å². The molecule has 0 fully saturated rings. The Labute approximate surface area is 242 Å². The lowest BCUT2D eigenvalue weighted by molar-refractivity contribution is 0.402. The summed E-state index contributed by atoms with van der Waals surface area (Å²) in [4.78, 5) is 1.74. The maximum atomic E-state index is 13.0. The van der Waals surface area contributed by atoms with Crippen molar-refractivity contribution in [3.63, 3.8) is 0 Å². The molecular weight excluding hydrogens is 597 g/mol. The van der Waals surface area contributed by atoms with E-state index in [4.69, 9.17) is 31.6 Å². The molecule has 13 heteroatoms. The molecule has 0 saturated heterocycles. The first kappa shape index (κ1) is 29.5. The van der Waals surface area contributed by atoms with Crippen LogP contribution in [0.25, 0.3) is 0 Å². The molecule has 0 atom stereocenters. The Bertz CT molecular complexity index is 1750. The highest BCUT2D eigenvalue weighted by Crippen LogP contribution is 2.41. The van der Waals surface area contributed by atoms with Gasteiger partial charge in [-0.3, -0.25) is 0 Å². The van der Waals surface area contributed by atoms with Gasteiger partial charge >= 0.3 is 20.2 Å². The van der Waals surface area contributed by atoms with Gasteiger partial charge in [-0.1, -0.05) is 59.6 Å². The third-order valence-corrected chi connectivity index (χ3v) is 8.23. The zero-order valence-electron chi connectivity index (χ0n) is 21.2. The molecular formula is C27H23Cl2N3O6S2. The topological polar surface area (TPSA) is 115 Å². The maximum absolute atomic E-state index is 13.0. The molecule has 4 aromatic rings. The van der Waals surface area contributed by atoms with Crippen molar-refractivity contribution in [3.05, 3.63) is 107 Å². The summed E-state index contributed by atoms with van der Waals surface area (Å²) in [7, 11) is -4.77. The summed E-state index contributed by atoms with van der Waals surface area (Å²) in [5.74, 6) is -0.398. The number of halogens is 2. The standard InChI is InChI=1S/C27H23Cl2N3O6S2/c1-32(2)18-19-15-23(29)27(38-40(35,36)22-11-7-4-8-12-22)25(16-19)31-30-24-17-20(28)13-14-26(24)37-39(33,34)21-9-5-3-6-10-21/h3-17H,18H2,1-2H3. The van der Waals surface area contributed by atoms with E-state index in [0.29, 0.717) is 12.1 Å². The van der Waals surface area contributed by atoms with Gasteiger partial charge in [-0.05, 0) is 74.3 Å². The quantitative estimate of drug-likeness (QED) is 0.138. The number of benzene rings is 4. The summed E-state index contributed by atoms with van der Waals surface area (Å²) < 4.78 is 62.3. The first-order valence-corrected chi connectivity index (χ1v) is 15.2. The lowest BCUT2D eigenvalue weighted by atomic mass is 10.2. The van der Waals surface area contributed by atoms with E-state index in [1.54, 1.807) is 48.5 Å². The van der Waals surface area contributed by atoms with Crippen LogP contribution in [0.1, 0.15) is 5.56 Å². The van der Waals surface area contributed by atoms with Crippen LogP contribution in [0.4, 0.5) is 11.4 Å². The minimum Gasteiger partial charge on any atom is -0.377 e. The van der Waals surface area contributed by atoms with Gasteiger partial charge in [0.1, 0.15) is 21.2 Å². The Morgan fingerprint density at radius 2 is 1.25 bits per heavy atom. The Morgan fingerprint density at radius 3 is 1.82 bits per heavy atom. The fourth-order valence-electron chi connectivity index (χ4n) is 3.49. The summed E-state index contributed by atoms with van der Waals surface area (Å²) >= 11 is 12.6. The van der Waals surface area contributed by atoms with Crippen molar-refractivity contribution in [1.82, 2.24) is 4.90 Å². The Hall–Kier alpha value is -3.48. The molecule has 0 radical (unpaired) electrons. The Kier molecular flexibility index (Phi) is 9.12. The zero-order chi connectivity index (χ0) is 28.9. The summed E-state index contributed by atoms with van der Waals surface area (Å²) in [6.45, 7) is 0.453. The second-order valence-electron chi connectivity index (χ2n) is 8.68. The van der Waals surface area contributed by atoms with Gasteiger partial charge in [0, 0.05) is 11.6 Å². The third kappa shape index (κ3) is 7.38. The van der Waals surface area contributed by atoms with E-state index in [2.05, 4.69) is 10.2 Å². The first-order valence-electron chi connectivity index (χ1n) is 11.6. The molecule has 0 unspecified atom stereocenters. The molecule has 0 heterocycles. The summed E-state index contributed by atoms with van der Waals surface area (Å²) in [6.07, 6.45) is 0. The van der Waals surface area contributed by atoms with Crippen molar-refractivity contribution in [3.8, 4) is 11.5 Å². The minimum atomic E-state index is -4.27. The number of rotatable bonds is 10. The van der Waals surface area contributed by atoms with Gasteiger partial charge in [0.05, 0.1) is 5.02 Å². The zero-order valence-corrected chi connectivity index (χ0v) is 24.4. The van der Waals surface area contributed by atoms with Crippen molar-refractivity contribution in [1.29, 1.82) is 0 Å². The molecule has 4 aromatic carbocycles. The molecule has 0 aliphatic carbocycles. The van der Waals surface area contributed by atoms with Gasteiger partial charge in [0.2, 0.25) is 0 Å². The van der Waals surface area contributed by atoms with Gasteiger partial charge in [-0.15, -0.1) is 10.2 Å². The van der Waals surface area contributed by atoms with Crippen LogP contribution in [0.3, 0.4) is 0 Å². The van der Waals surface area contributed by atoms with Gasteiger partial charge in [-0.25, -0.2) is 0 Å². The predicted octanol–water partition coefficient (Wildman–Crippen LogP) is 7.01. The summed E-state index contributed by atoms with van der Waals surface area (Å²) in [5.41, 5.74) is 0.654. The van der Waals surface area contributed by atoms with Crippen LogP contribution in [0.5, 0.6) is 11.5 Å². The number of nitrogens with zero attached hydrogens (tertiary/aromatic N) is 3. The van der Waals surface area contributed by atoms with Crippen LogP contribution >= 0.6 is 23.2 Å². The van der Waals surface area contributed by atoms with E-state index in [9.17, 15) is 16.8 Å². The van der Waals surface area contributed by atoms with Gasteiger partial charge in [0.25, 0.3) is 0 Å². The van der Waals surface area contributed by atoms with Crippen molar-refractivity contribution in [2.45, 2.75) is 16.3 Å².